The summed E-state index contributed by atoms with van der Waals surface area (Å²) in [5.41, 5.74) is 1.81. The van der Waals surface area contributed by atoms with Crippen LogP contribution in [0.15, 0.2) is 34.4 Å². The molecule has 3 aromatic rings. The molecule has 5 rings (SSSR count). The summed E-state index contributed by atoms with van der Waals surface area (Å²) in [5, 5.41) is 21.9. The number of hydrogen-bond donors (Lipinski definition) is 2. The van der Waals surface area contributed by atoms with Gasteiger partial charge in [0.2, 0.25) is 5.95 Å². The molecule has 2 aliphatic rings. The van der Waals surface area contributed by atoms with Crippen LogP contribution in [0, 0.1) is 28.6 Å². The number of rotatable bonds is 7. The molecule has 2 fully saturated rings. The summed E-state index contributed by atoms with van der Waals surface area (Å²) in [5.74, 6) is 0.619. The summed E-state index contributed by atoms with van der Waals surface area (Å²) in [6, 6.07) is 9.42. The van der Waals surface area contributed by atoms with E-state index in [1.54, 1.807) is 22.1 Å². The van der Waals surface area contributed by atoms with Crippen molar-refractivity contribution in [2.24, 2.45) is 11.8 Å². The van der Waals surface area contributed by atoms with E-state index in [2.05, 4.69) is 11.4 Å². The Balaban J connectivity index is 1.58. The van der Waals surface area contributed by atoms with E-state index in [-0.39, 0.29) is 23.9 Å². The van der Waals surface area contributed by atoms with E-state index in [1.165, 1.54) is 17.6 Å². The van der Waals surface area contributed by atoms with Gasteiger partial charge in [0.25, 0.3) is 11.5 Å². The highest BCUT2D eigenvalue weighted by molar-refractivity contribution is 7.17. The van der Waals surface area contributed by atoms with Gasteiger partial charge in [0.15, 0.2) is 0 Å². The number of nitrogens with zero attached hydrogens (tertiary/aromatic N) is 4. The molecule has 180 valence electrons. The molecule has 4 heterocycles. The molecule has 2 saturated heterocycles. The van der Waals surface area contributed by atoms with Crippen molar-refractivity contribution in [3.05, 3.63) is 56.7 Å². The quantitative estimate of drug-likeness (QED) is 0.491. The zero-order valence-corrected chi connectivity index (χ0v) is 20.0. The number of aromatic nitrogens is 2. The summed E-state index contributed by atoms with van der Waals surface area (Å²) >= 11 is 1.22. The van der Waals surface area contributed by atoms with Crippen LogP contribution in [0.1, 0.15) is 34.3 Å². The van der Waals surface area contributed by atoms with Crippen molar-refractivity contribution in [1.82, 2.24) is 14.9 Å². The SMILES string of the molecule is N#Cc1ccccc1Cn1c(N2CCCC(C=N)C2)nc2c(C(=O)NCC3COC3)csc2c1=O. The number of fused-ring (bicyclic) bond motifs is 1. The number of anilines is 1. The maximum absolute atomic E-state index is 13.7. The van der Waals surface area contributed by atoms with Gasteiger partial charge >= 0.3 is 0 Å². The van der Waals surface area contributed by atoms with Crippen molar-refractivity contribution in [2.45, 2.75) is 19.4 Å². The highest BCUT2D eigenvalue weighted by atomic mass is 32.1. The van der Waals surface area contributed by atoms with Crippen LogP contribution in [-0.2, 0) is 11.3 Å². The van der Waals surface area contributed by atoms with Crippen LogP contribution in [0.3, 0.4) is 0 Å². The van der Waals surface area contributed by atoms with Crippen LogP contribution in [-0.4, -0.2) is 54.5 Å². The molecule has 2 aliphatic heterocycles. The summed E-state index contributed by atoms with van der Waals surface area (Å²) in [4.78, 5) is 33.6. The number of nitriles is 1. The zero-order valence-electron chi connectivity index (χ0n) is 19.2. The number of nitrogens with one attached hydrogen (secondary N) is 2. The third-order valence-corrected chi connectivity index (χ3v) is 7.56. The van der Waals surface area contributed by atoms with E-state index in [1.807, 2.05) is 17.0 Å². The van der Waals surface area contributed by atoms with Gasteiger partial charge in [-0.1, -0.05) is 18.2 Å². The Labute approximate surface area is 206 Å². The first-order chi connectivity index (χ1) is 17.1. The fourth-order valence-corrected chi connectivity index (χ4v) is 5.47. The molecule has 0 saturated carbocycles. The van der Waals surface area contributed by atoms with Gasteiger partial charge in [-0.25, -0.2) is 4.98 Å². The lowest BCUT2D eigenvalue weighted by molar-refractivity contribution is -0.0298. The maximum Gasteiger partial charge on any atom is 0.273 e. The minimum atomic E-state index is -0.246. The van der Waals surface area contributed by atoms with Gasteiger partial charge in [-0.3, -0.25) is 14.2 Å². The van der Waals surface area contributed by atoms with E-state index < -0.39 is 0 Å². The number of hydrogen-bond acceptors (Lipinski definition) is 8. The maximum atomic E-state index is 13.7. The molecule has 9 nitrogen and oxygen atoms in total. The van der Waals surface area contributed by atoms with Gasteiger partial charge in [0, 0.05) is 43.1 Å². The molecule has 0 aliphatic carbocycles. The molecular formula is C25H26N6O3S. The summed E-state index contributed by atoms with van der Waals surface area (Å²) in [6.45, 7) is 3.30. The topological polar surface area (TPSA) is 124 Å². The van der Waals surface area contributed by atoms with Crippen molar-refractivity contribution < 1.29 is 9.53 Å². The second-order valence-electron chi connectivity index (χ2n) is 9.03. The average Bonchev–Trinajstić information content (AvgIpc) is 3.29. The second-order valence-corrected chi connectivity index (χ2v) is 9.91. The first kappa shape index (κ1) is 23.2. The fraction of sp³-hybridized carbons (Fsp3) is 0.400. The minimum absolute atomic E-state index is 0.0751. The average molecular weight is 491 g/mol. The molecule has 0 radical (unpaired) electrons. The molecule has 2 N–H and O–H groups in total. The number of carbonyl (C=O) groups excluding carboxylic acids is 1. The minimum Gasteiger partial charge on any atom is -0.381 e. The Morgan fingerprint density at radius 1 is 1.37 bits per heavy atom. The Morgan fingerprint density at radius 3 is 2.94 bits per heavy atom. The lowest BCUT2D eigenvalue weighted by atomic mass is 10.00. The number of thiophene rings is 1. The van der Waals surface area contributed by atoms with E-state index in [4.69, 9.17) is 15.1 Å². The first-order valence-electron chi connectivity index (χ1n) is 11.7. The van der Waals surface area contributed by atoms with Gasteiger partial charge in [0.05, 0.1) is 37.0 Å². The molecule has 0 spiro atoms. The van der Waals surface area contributed by atoms with Crippen LogP contribution >= 0.6 is 11.3 Å². The predicted octanol–water partition coefficient (Wildman–Crippen LogP) is 2.62. The second kappa shape index (κ2) is 9.98. The van der Waals surface area contributed by atoms with Crippen molar-refractivity contribution >= 4 is 39.6 Å². The Hall–Kier alpha value is -3.55. The standard InChI is InChI=1S/C25H26N6O3S/c26-8-16-4-3-7-30(11-16)25-29-21-20(23(32)28-10-17-13-34-14-17)15-35-22(21)24(33)31(25)12-19-6-2-1-5-18(19)9-27/h1-2,5-6,8,15-17,26H,3-4,7,10-14H2,(H,28,32). The third kappa shape index (κ3) is 4.57. The number of benzene rings is 1. The lowest BCUT2D eigenvalue weighted by Crippen LogP contribution is -2.41. The highest BCUT2D eigenvalue weighted by Crippen LogP contribution is 2.27. The molecule has 10 heteroatoms. The van der Waals surface area contributed by atoms with Crippen molar-refractivity contribution in [2.75, 3.05) is 37.7 Å². The normalized spacial score (nSPS) is 18.1. The Kier molecular flexibility index (Phi) is 6.61. The number of carbonyl (C=O) groups is 1. The van der Waals surface area contributed by atoms with E-state index in [0.29, 0.717) is 66.1 Å². The monoisotopic (exact) mass is 490 g/mol. The Morgan fingerprint density at radius 2 is 2.20 bits per heavy atom. The number of amides is 1. The third-order valence-electron chi connectivity index (χ3n) is 6.60. The van der Waals surface area contributed by atoms with Gasteiger partial charge in [-0.05, 0) is 24.5 Å². The highest BCUT2D eigenvalue weighted by Gasteiger charge is 2.27. The number of piperidine rings is 1. The van der Waals surface area contributed by atoms with Crippen LogP contribution in [0.2, 0.25) is 0 Å². The van der Waals surface area contributed by atoms with Gasteiger partial charge < -0.3 is 20.4 Å². The first-order valence-corrected chi connectivity index (χ1v) is 12.6. The van der Waals surface area contributed by atoms with Crippen LogP contribution in [0.4, 0.5) is 5.95 Å². The summed E-state index contributed by atoms with van der Waals surface area (Å²) in [6.07, 6.45) is 3.25. The molecule has 1 unspecified atom stereocenters. The van der Waals surface area contributed by atoms with Crippen molar-refractivity contribution in [1.29, 1.82) is 10.7 Å². The zero-order chi connectivity index (χ0) is 24.4. The van der Waals surface area contributed by atoms with Crippen molar-refractivity contribution in [3.8, 4) is 6.07 Å². The number of ether oxygens (including phenoxy) is 1. The summed E-state index contributed by atoms with van der Waals surface area (Å²) in [7, 11) is 0. The molecule has 35 heavy (non-hydrogen) atoms. The van der Waals surface area contributed by atoms with E-state index in [0.717, 1.165) is 18.4 Å². The smallest absolute Gasteiger partial charge is 0.273 e. The lowest BCUT2D eigenvalue weighted by Gasteiger charge is -2.33. The van der Waals surface area contributed by atoms with Crippen molar-refractivity contribution in [3.63, 3.8) is 0 Å². The predicted molar refractivity (Wildman–Crippen MR) is 135 cm³/mol. The van der Waals surface area contributed by atoms with E-state index in [9.17, 15) is 14.9 Å². The molecule has 1 aromatic carbocycles. The molecular weight excluding hydrogens is 464 g/mol. The molecule has 2 aromatic heterocycles. The largest absolute Gasteiger partial charge is 0.381 e. The van der Waals surface area contributed by atoms with Crippen LogP contribution in [0.5, 0.6) is 0 Å². The van der Waals surface area contributed by atoms with Crippen LogP contribution < -0.4 is 15.8 Å². The van der Waals surface area contributed by atoms with Gasteiger partial charge in [-0.15, -0.1) is 11.3 Å². The van der Waals surface area contributed by atoms with E-state index >= 15 is 0 Å². The molecule has 1 amide bonds. The van der Waals surface area contributed by atoms with Crippen LogP contribution in [0.25, 0.3) is 10.2 Å². The summed E-state index contributed by atoms with van der Waals surface area (Å²) < 4.78 is 7.20. The molecule has 0 bridgehead atoms. The van der Waals surface area contributed by atoms with Gasteiger partial charge in [-0.2, -0.15) is 5.26 Å². The molecule has 1 atom stereocenters. The van der Waals surface area contributed by atoms with Gasteiger partial charge in [0.1, 0.15) is 10.2 Å². The Bertz CT molecular complexity index is 1370. The fourth-order valence-electron chi connectivity index (χ4n) is 4.53.